The van der Waals surface area contributed by atoms with Crippen LogP contribution in [0.15, 0.2) is 48.5 Å². The zero-order valence-electron chi connectivity index (χ0n) is 17.4. The highest BCUT2D eigenvalue weighted by Crippen LogP contribution is 2.28. The van der Waals surface area contributed by atoms with Gasteiger partial charge in [0.1, 0.15) is 5.75 Å². The van der Waals surface area contributed by atoms with Crippen LogP contribution in [0.4, 0.5) is 0 Å². The third-order valence-electron chi connectivity index (χ3n) is 5.16. The highest BCUT2D eigenvalue weighted by atomic mass is 32.2. The topological polar surface area (TPSA) is 82.1 Å². The molecule has 8 heteroatoms. The summed E-state index contributed by atoms with van der Waals surface area (Å²) in [5.41, 5.74) is 0.887. The van der Waals surface area contributed by atoms with Crippen LogP contribution in [-0.4, -0.2) is 57.1 Å². The molecule has 1 heterocycles. The lowest BCUT2D eigenvalue weighted by Crippen LogP contribution is -2.46. The summed E-state index contributed by atoms with van der Waals surface area (Å²) in [5, 5.41) is 0. The van der Waals surface area contributed by atoms with Crippen LogP contribution < -0.4 is 14.2 Å². The fourth-order valence-corrected chi connectivity index (χ4v) is 5.26. The smallest absolute Gasteiger partial charge is 0.263 e. The monoisotopic (exact) mass is 433 g/mol. The quantitative estimate of drug-likeness (QED) is 0.637. The van der Waals surface area contributed by atoms with Gasteiger partial charge in [0, 0.05) is 12.6 Å². The first kappa shape index (κ1) is 22.0. The first-order valence-corrected chi connectivity index (χ1v) is 11.6. The number of nitrogens with zero attached hydrogens (tertiary/aromatic N) is 1. The van der Waals surface area contributed by atoms with Gasteiger partial charge in [0.05, 0.1) is 25.7 Å². The van der Waals surface area contributed by atoms with E-state index in [1.54, 1.807) is 37.1 Å². The van der Waals surface area contributed by atoms with Crippen molar-refractivity contribution in [3.05, 3.63) is 54.1 Å². The lowest BCUT2D eigenvalue weighted by Gasteiger charge is -2.31. The molecule has 7 nitrogen and oxygen atoms in total. The zero-order valence-corrected chi connectivity index (χ0v) is 18.2. The number of hydrogen-bond acceptors (Lipinski definition) is 6. The number of methoxy groups -OCH3 is 2. The van der Waals surface area contributed by atoms with Gasteiger partial charge in [-0.25, -0.2) is 8.42 Å². The molecule has 2 aromatic rings. The Hall–Kier alpha value is -2.74. The fourth-order valence-electron chi connectivity index (χ4n) is 3.53. The van der Waals surface area contributed by atoms with Gasteiger partial charge in [0.25, 0.3) is 5.91 Å². The van der Waals surface area contributed by atoms with Crippen LogP contribution in [0.25, 0.3) is 0 Å². The molecular weight excluding hydrogens is 406 g/mol. The van der Waals surface area contributed by atoms with E-state index in [4.69, 9.17) is 14.2 Å². The Morgan fingerprint density at radius 3 is 2.30 bits per heavy atom. The van der Waals surface area contributed by atoms with Gasteiger partial charge in [0.15, 0.2) is 27.4 Å². The largest absolute Gasteiger partial charge is 0.497 e. The molecule has 0 radical (unpaired) electrons. The highest BCUT2D eigenvalue weighted by molar-refractivity contribution is 7.91. The van der Waals surface area contributed by atoms with Crippen molar-refractivity contribution in [2.75, 3.05) is 25.7 Å². The number of benzene rings is 2. The molecule has 0 N–H and O–H groups in total. The summed E-state index contributed by atoms with van der Waals surface area (Å²) in [7, 11) is -0.0228. The number of ether oxygens (including phenoxy) is 3. The first-order valence-electron chi connectivity index (χ1n) is 9.76. The molecule has 1 aliphatic rings. The molecule has 0 aliphatic carbocycles. The van der Waals surface area contributed by atoms with Gasteiger partial charge in [-0.3, -0.25) is 4.79 Å². The van der Waals surface area contributed by atoms with Crippen molar-refractivity contribution in [3.63, 3.8) is 0 Å². The molecule has 2 atom stereocenters. The van der Waals surface area contributed by atoms with Crippen LogP contribution in [-0.2, 0) is 21.2 Å². The SMILES string of the molecule is COc1ccc(CN(C(=O)C(C)Oc2ccccc2OC)C2CCS(=O)(=O)C2)cc1. The molecule has 1 saturated heterocycles. The van der Waals surface area contributed by atoms with Gasteiger partial charge >= 0.3 is 0 Å². The van der Waals surface area contributed by atoms with Gasteiger partial charge in [-0.1, -0.05) is 24.3 Å². The average Bonchev–Trinajstić information content (AvgIpc) is 3.11. The summed E-state index contributed by atoms with van der Waals surface area (Å²) in [4.78, 5) is 14.9. The van der Waals surface area contributed by atoms with Crippen molar-refractivity contribution < 1.29 is 27.4 Å². The fraction of sp³-hybridized carbons (Fsp3) is 0.409. The van der Waals surface area contributed by atoms with E-state index in [1.165, 1.54) is 7.11 Å². The molecule has 0 aromatic heterocycles. The van der Waals surface area contributed by atoms with E-state index in [0.717, 1.165) is 5.56 Å². The van der Waals surface area contributed by atoms with E-state index >= 15 is 0 Å². The maximum atomic E-state index is 13.3. The Balaban J connectivity index is 1.81. The molecule has 162 valence electrons. The van der Waals surface area contributed by atoms with Crippen molar-refractivity contribution >= 4 is 15.7 Å². The number of carbonyl (C=O) groups excluding carboxylic acids is 1. The molecule has 0 saturated carbocycles. The Kier molecular flexibility index (Phi) is 6.87. The molecule has 2 unspecified atom stereocenters. The Morgan fingerprint density at radius 2 is 1.73 bits per heavy atom. The van der Waals surface area contributed by atoms with Crippen LogP contribution in [0.5, 0.6) is 17.2 Å². The Morgan fingerprint density at radius 1 is 1.07 bits per heavy atom. The molecule has 1 fully saturated rings. The van der Waals surface area contributed by atoms with E-state index in [9.17, 15) is 13.2 Å². The number of sulfone groups is 1. The maximum Gasteiger partial charge on any atom is 0.263 e. The summed E-state index contributed by atoms with van der Waals surface area (Å²) < 4.78 is 40.4. The zero-order chi connectivity index (χ0) is 21.7. The maximum absolute atomic E-state index is 13.3. The standard InChI is InChI=1S/C22H27NO6S/c1-16(29-21-7-5-4-6-20(21)28-3)22(24)23(18-12-13-30(25,26)15-18)14-17-8-10-19(27-2)11-9-17/h4-11,16,18H,12-15H2,1-3H3. The van der Waals surface area contributed by atoms with E-state index in [1.807, 2.05) is 30.3 Å². The third-order valence-corrected chi connectivity index (χ3v) is 6.92. The average molecular weight is 434 g/mol. The minimum absolute atomic E-state index is 0.0315. The molecule has 2 aromatic carbocycles. The normalized spacial score (nSPS) is 18.4. The van der Waals surface area contributed by atoms with Crippen molar-refractivity contribution in [1.82, 2.24) is 4.90 Å². The van der Waals surface area contributed by atoms with Gasteiger partial charge in [0.2, 0.25) is 0 Å². The molecule has 0 bridgehead atoms. The van der Waals surface area contributed by atoms with E-state index in [-0.39, 0.29) is 23.5 Å². The van der Waals surface area contributed by atoms with E-state index < -0.39 is 15.9 Å². The molecule has 3 rings (SSSR count). The predicted molar refractivity (Wildman–Crippen MR) is 114 cm³/mol. The summed E-state index contributed by atoms with van der Waals surface area (Å²) in [5.74, 6) is 1.50. The van der Waals surface area contributed by atoms with Crippen molar-refractivity contribution in [1.29, 1.82) is 0 Å². The minimum atomic E-state index is -3.15. The number of rotatable bonds is 8. The lowest BCUT2D eigenvalue weighted by molar-refractivity contribution is -0.140. The van der Waals surface area contributed by atoms with Crippen LogP contribution in [0.2, 0.25) is 0 Å². The predicted octanol–water partition coefficient (Wildman–Crippen LogP) is 2.69. The van der Waals surface area contributed by atoms with E-state index in [0.29, 0.717) is 30.2 Å². The van der Waals surface area contributed by atoms with E-state index in [2.05, 4.69) is 0 Å². The molecule has 30 heavy (non-hydrogen) atoms. The molecule has 1 aliphatic heterocycles. The second kappa shape index (κ2) is 9.38. The third kappa shape index (κ3) is 5.24. The first-order chi connectivity index (χ1) is 14.3. The molecular formula is C22H27NO6S. The van der Waals surface area contributed by atoms with Gasteiger partial charge in [-0.2, -0.15) is 0 Å². The molecule has 1 amide bonds. The van der Waals surface area contributed by atoms with Gasteiger partial charge < -0.3 is 19.1 Å². The second-order valence-corrected chi connectivity index (χ2v) is 9.51. The van der Waals surface area contributed by atoms with Crippen LogP contribution in [0, 0.1) is 0 Å². The number of para-hydroxylation sites is 2. The Labute approximate surface area is 177 Å². The van der Waals surface area contributed by atoms with Crippen LogP contribution >= 0.6 is 0 Å². The summed E-state index contributed by atoms with van der Waals surface area (Å²) in [6.07, 6.45) is -0.381. The Bertz CT molecular complexity index is 973. The minimum Gasteiger partial charge on any atom is -0.497 e. The lowest BCUT2D eigenvalue weighted by atomic mass is 10.1. The van der Waals surface area contributed by atoms with Gasteiger partial charge in [-0.05, 0) is 43.2 Å². The van der Waals surface area contributed by atoms with Gasteiger partial charge in [-0.15, -0.1) is 0 Å². The summed E-state index contributed by atoms with van der Waals surface area (Å²) >= 11 is 0. The number of hydrogen-bond donors (Lipinski definition) is 0. The van der Waals surface area contributed by atoms with Crippen LogP contribution in [0.1, 0.15) is 18.9 Å². The summed E-state index contributed by atoms with van der Waals surface area (Å²) in [6, 6.07) is 14.1. The van der Waals surface area contributed by atoms with Crippen molar-refractivity contribution in [2.45, 2.75) is 32.0 Å². The molecule has 0 spiro atoms. The number of amides is 1. The van der Waals surface area contributed by atoms with Crippen molar-refractivity contribution in [2.24, 2.45) is 0 Å². The highest BCUT2D eigenvalue weighted by Gasteiger charge is 2.36. The number of carbonyl (C=O) groups is 1. The summed E-state index contributed by atoms with van der Waals surface area (Å²) in [6.45, 7) is 1.96. The van der Waals surface area contributed by atoms with Crippen molar-refractivity contribution in [3.8, 4) is 17.2 Å². The second-order valence-electron chi connectivity index (χ2n) is 7.28. The van der Waals surface area contributed by atoms with Crippen LogP contribution in [0.3, 0.4) is 0 Å².